The van der Waals surface area contributed by atoms with Crippen LogP contribution in [-0.4, -0.2) is 26.2 Å². The minimum absolute atomic E-state index is 0.125. The van der Waals surface area contributed by atoms with Crippen molar-refractivity contribution in [2.24, 2.45) is 5.73 Å². The molecular weight excluding hydrogens is 454 g/mol. The van der Waals surface area contributed by atoms with E-state index in [1.807, 2.05) is 23.6 Å². The molecule has 12 heteroatoms. The molecule has 0 fully saturated rings. The van der Waals surface area contributed by atoms with E-state index in [-0.39, 0.29) is 11.7 Å². The van der Waals surface area contributed by atoms with Crippen LogP contribution in [0, 0.1) is 11.3 Å². The maximum Gasteiger partial charge on any atom is 0.326 e. The fourth-order valence-electron chi connectivity index (χ4n) is 2.80. The van der Waals surface area contributed by atoms with Crippen molar-refractivity contribution in [2.45, 2.75) is 4.90 Å². The second-order valence-electron chi connectivity index (χ2n) is 6.41. The molecular formula is C20H15N5O5S2. The number of amides is 2. The molecule has 0 bridgehead atoms. The van der Waals surface area contributed by atoms with Crippen LogP contribution in [0.15, 0.2) is 58.9 Å². The van der Waals surface area contributed by atoms with Crippen LogP contribution in [-0.2, 0) is 10.0 Å². The summed E-state index contributed by atoms with van der Waals surface area (Å²) in [7, 11) is -4.03. The average molecular weight is 470 g/mol. The number of nitrogens with one attached hydrogen (secondary N) is 2. The van der Waals surface area contributed by atoms with Crippen LogP contribution in [0.5, 0.6) is 11.5 Å². The van der Waals surface area contributed by atoms with E-state index < -0.39 is 16.1 Å². The average Bonchev–Trinajstić information content (AvgIpc) is 3.43. The lowest BCUT2D eigenvalue weighted by atomic mass is 10.1. The predicted molar refractivity (Wildman–Crippen MR) is 117 cm³/mol. The second-order valence-corrected chi connectivity index (χ2v) is 8.95. The number of hydrogen-bond acceptors (Lipinski definition) is 9. The quantitative estimate of drug-likeness (QED) is 0.465. The summed E-state index contributed by atoms with van der Waals surface area (Å²) in [6.45, 7) is 0.183. The number of hydrogen-bond donors (Lipinski definition) is 3. The number of rotatable bonds is 6. The molecule has 2 heterocycles. The Hall–Kier alpha value is -4.08. The summed E-state index contributed by atoms with van der Waals surface area (Å²) in [6, 6.07) is 12.0. The number of benzene rings is 2. The molecule has 162 valence electrons. The van der Waals surface area contributed by atoms with Crippen molar-refractivity contribution in [3.63, 3.8) is 0 Å². The number of ether oxygens (including phenoxy) is 2. The Labute approximate surface area is 187 Å². The van der Waals surface area contributed by atoms with Crippen LogP contribution >= 0.6 is 11.3 Å². The maximum absolute atomic E-state index is 11.9. The number of carbonyl (C=O) groups excluding carboxylic acids is 1. The van der Waals surface area contributed by atoms with E-state index in [0.717, 1.165) is 5.56 Å². The first-order valence-electron chi connectivity index (χ1n) is 9.01. The summed E-state index contributed by atoms with van der Waals surface area (Å²) in [5.41, 5.74) is 7.23. The highest BCUT2D eigenvalue weighted by Crippen LogP contribution is 2.36. The first-order chi connectivity index (χ1) is 15.4. The summed E-state index contributed by atoms with van der Waals surface area (Å²) in [5, 5.41) is 14.8. The molecule has 0 saturated carbocycles. The highest BCUT2D eigenvalue weighted by molar-refractivity contribution is 7.90. The molecule has 0 unspecified atom stereocenters. The lowest BCUT2D eigenvalue weighted by molar-refractivity contribution is 0.174. The minimum Gasteiger partial charge on any atom is -0.454 e. The van der Waals surface area contributed by atoms with Gasteiger partial charge in [0.25, 0.3) is 10.0 Å². The summed E-state index contributed by atoms with van der Waals surface area (Å²) in [6.07, 6.45) is 1.48. The standard InChI is InChI=1S/C20H15N5O5S2/c21-8-13(9-23-14-2-4-15(5-3-14)32(27,28)25-20(22)26)19-24-16(10-31-19)12-1-6-17-18(7-12)30-11-29-17/h1-7,9-10,23H,11H2,(H3,22,25,26)/b13-9-. The van der Waals surface area contributed by atoms with Crippen molar-refractivity contribution >= 4 is 38.7 Å². The van der Waals surface area contributed by atoms with Gasteiger partial charge in [-0.1, -0.05) is 0 Å². The van der Waals surface area contributed by atoms with Gasteiger partial charge in [0.1, 0.15) is 16.6 Å². The molecule has 1 aliphatic rings. The molecule has 1 aliphatic heterocycles. The van der Waals surface area contributed by atoms with Crippen molar-refractivity contribution in [3.8, 4) is 28.8 Å². The number of thiazole rings is 1. The number of nitrogens with zero attached hydrogens (tertiary/aromatic N) is 2. The molecule has 2 amide bonds. The normalized spacial score (nSPS) is 12.8. The molecule has 0 aliphatic carbocycles. The first-order valence-corrected chi connectivity index (χ1v) is 11.4. The Morgan fingerprint density at radius 1 is 1.19 bits per heavy atom. The Balaban J connectivity index is 1.50. The molecule has 0 radical (unpaired) electrons. The van der Waals surface area contributed by atoms with Crippen LogP contribution in [0.1, 0.15) is 5.01 Å². The minimum atomic E-state index is -4.03. The van der Waals surface area contributed by atoms with Gasteiger partial charge in [-0.15, -0.1) is 11.3 Å². The molecule has 0 saturated heterocycles. The zero-order valence-electron chi connectivity index (χ0n) is 16.2. The molecule has 0 atom stereocenters. The third kappa shape index (κ3) is 4.48. The number of primary amides is 1. The van der Waals surface area contributed by atoms with Gasteiger partial charge in [0, 0.05) is 22.8 Å². The second kappa shape index (κ2) is 8.58. The molecule has 4 rings (SSSR count). The van der Waals surface area contributed by atoms with Crippen molar-refractivity contribution in [2.75, 3.05) is 12.1 Å². The van der Waals surface area contributed by atoms with E-state index in [4.69, 9.17) is 15.2 Å². The topological polar surface area (TPSA) is 156 Å². The molecule has 0 spiro atoms. The number of aromatic nitrogens is 1. The van der Waals surface area contributed by atoms with Crippen molar-refractivity contribution in [3.05, 3.63) is 59.1 Å². The van der Waals surface area contributed by atoms with E-state index in [9.17, 15) is 18.5 Å². The van der Waals surface area contributed by atoms with Crippen molar-refractivity contribution in [1.29, 1.82) is 5.26 Å². The Bertz CT molecular complexity index is 1360. The van der Waals surface area contributed by atoms with E-state index in [1.165, 1.54) is 41.8 Å². The number of urea groups is 1. The molecule has 3 aromatic rings. The van der Waals surface area contributed by atoms with Gasteiger partial charge < -0.3 is 20.5 Å². The number of anilines is 1. The molecule has 1 aromatic heterocycles. The molecule has 10 nitrogen and oxygen atoms in total. The lowest BCUT2D eigenvalue weighted by Gasteiger charge is -2.06. The van der Waals surface area contributed by atoms with Gasteiger partial charge in [-0.25, -0.2) is 22.9 Å². The number of sulfonamides is 1. The summed E-state index contributed by atoms with van der Waals surface area (Å²) < 4.78 is 36.2. The molecule has 32 heavy (non-hydrogen) atoms. The lowest BCUT2D eigenvalue weighted by Crippen LogP contribution is -2.34. The number of nitriles is 1. The molecule has 4 N–H and O–H groups in total. The number of allylic oxidation sites excluding steroid dienone is 1. The van der Waals surface area contributed by atoms with Gasteiger partial charge in [-0.2, -0.15) is 5.26 Å². The van der Waals surface area contributed by atoms with Gasteiger partial charge >= 0.3 is 6.03 Å². The van der Waals surface area contributed by atoms with Crippen LogP contribution < -0.4 is 25.2 Å². The predicted octanol–water partition coefficient (Wildman–Crippen LogP) is 2.87. The van der Waals surface area contributed by atoms with Gasteiger partial charge in [-0.3, -0.25) is 0 Å². The summed E-state index contributed by atoms with van der Waals surface area (Å²) in [4.78, 5) is 15.2. The highest BCUT2D eigenvalue weighted by Gasteiger charge is 2.17. The zero-order valence-corrected chi connectivity index (χ0v) is 17.9. The third-order valence-electron chi connectivity index (χ3n) is 4.31. The van der Waals surface area contributed by atoms with Crippen LogP contribution in [0.25, 0.3) is 16.8 Å². The monoisotopic (exact) mass is 469 g/mol. The van der Waals surface area contributed by atoms with E-state index >= 15 is 0 Å². The van der Waals surface area contributed by atoms with Gasteiger partial charge in [0.15, 0.2) is 11.5 Å². The van der Waals surface area contributed by atoms with Crippen LogP contribution in [0.4, 0.5) is 10.5 Å². The van der Waals surface area contributed by atoms with Gasteiger partial charge in [0.05, 0.1) is 10.6 Å². The SMILES string of the molecule is N#C/C(=C/Nc1ccc(S(=O)(=O)NC(N)=O)cc1)c1nc(-c2ccc3c(c2)OCO3)cs1. The maximum atomic E-state index is 11.9. The number of fused-ring (bicyclic) bond motifs is 1. The fourth-order valence-corrected chi connectivity index (χ4v) is 4.48. The van der Waals surface area contributed by atoms with Crippen LogP contribution in [0.3, 0.4) is 0 Å². The van der Waals surface area contributed by atoms with E-state index in [2.05, 4.69) is 16.4 Å². The Kier molecular flexibility index (Phi) is 5.67. The smallest absolute Gasteiger partial charge is 0.326 e. The summed E-state index contributed by atoms with van der Waals surface area (Å²) in [5.74, 6) is 1.32. The molecule has 2 aromatic carbocycles. The summed E-state index contributed by atoms with van der Waals surface area (Å²) >= 11 is 1.31. The first kappa shape index (κ1) is 21.2. The third-order valence-corrected chi connectivity index (χ3v) is 6.54. The fraction of sp³-hybridized carbons (Fsp3) is 0.0500. The Morgan fingerprint density at radius 3 is 2.66 bits per heavy atom. The largest absolute Gasteiger partial charge is 0.454 e. The number of nitrogens with two attached hydrogens (primary N) is 1. The number of carbonyl (C=O) groups is 1. The zero-order chi connectivity index (χ0) is 22.7. The van der Waals surface area contributed by atoms with Crippen molar-refractivity contribution < 1.29 is 22.7 Å². The van der Waals surface area contributed by atoms with E-state index in [0.29, 0.717) is 33.5 Å². The van der Waals surface area contributed by atoms with Gasteiger partial charge in [-0.05, 0) is 42.5 Å². The van der Waals surface area contributed by atoms with Crippen molar-refractivity contribution in [1.82, 2.24) is 9.71 Å². The van der Waals surface area contributed by atoms with E-state index in [1.54, 1.807) is 4.72 Å². The Morgan fingerprint density at radius 2 is 1.94 bits per heavy atom. The highest BCUT2D eigenvalue weighted by atomic mass is 32.2. The van der Waals surface area contributed by atoms with Gasteiger partial charge in [0.2, 0.25) is 6.79 Å². The van der Waals surface area contributed by atoms with Crippen LogP contribution in [0.2, 0.25) is 0 Å².